The molecule has 1 unspecified atom stereocenters. The zero-order valence-electron chi connectivity index (χ0n) is 10.4. The van der Waals surface area contributed by atoms with E-state index in [1.54, 1.807) is 0 Å². The average Bonchev–Trinajstić information content (AvgIpc) is 2.69. The van der Waals surface area contributed by atoms with Gasteiger partial charge in [-0.25, -0.2) is 0 Å². The van der Waals surface area contributed by atoms with Gasteiger partial charge in [0.2, 0.25) is 11.8 Å². The van der Waals surface area contributed by atoms with Gasteiger partial charge in [0.25, 0.3) is 0 Å². The third kappa shape index (κ3) is 2.28. The van der Waals surface area contributed by atoms with Crippen LogP contribution in [0.1, 0.15) is 26.7 Å². The van der Waals surface area contributed by atoms with Crippen molar-refractivity contribution < 1.29 is 9.59 Å². The normalized spacial score (nSPS) is 25.1. The summed E-state index contributed by atoms with van der Waals surface area (Å²) in [5.41, 5.74) is -0.508. The van der Waals surface area contributed by atoms with Crippen molar-refractivity contribution in [2.75, 3.05) is 25.5 Å². The van der Waals surface area contributed by atoms with Crippen molar-refractivity contribution in [3.63, 3.8) is 0 Å². The zero-order chi connectivity index (χ0) is 12.6. The largest absolute Gasteiger partial charge is 0.338 e. The Hall–Kier alpha value is -0.770. The number of fused-ring (bicyclic) bond motifs is 1. The van der Waals surface area contributed by atoms with E-state index in [4.69, 9.17) is 11.6 Å². The Balaban J connectivity index is 2.02. The predicted molar refractivity (Wildman–Crippen MR) is 65.8 cm³/mol. The molecule has 96 valence electrons. The number of halogens is 1. The first-order chi connectivity index (χ1) is 7.95. The molecule has 2 aliphatic rings. The minimum absolute atomic E-state index is 0.103. The van der Waals surface area contributed by atoms with Gasteiger partial charge in [0.15, 0.2) is 0 Å². The Labute approximate surface area is 107 Å². The number of amides is 2. The molecule has 0 aliphatic carbocycles. The van der Waals surface area contributed by atoms with Crippen LogP contribution in [0.3, 0.4) is 0 Å². The van der Waals surface area contributed by atoms with Crippen LogP contribution in [0.15, 0.2) is 0 Å². The SMILES string of the molecule is CC(C)(CCl)C(=O)N1CCN2C(=O)CCC2C1. The van der Waals surface area contributed by atoms with E-state index in [1.807, 2.05) is 23.6 Å². The number of alkyl halides is 1. The van der Waals surface area contributed by atoms with Crippen LogP contribution in [0.4, 0.5) is 0 Å². The van der Waals surface area contributed by atoms with Crippen LogP contribution in [0.2, 0.25) is 0 Å². The first-order valence-electron chi connectivity index (χ1n) is 6.10. The van der Waals surface area contributed by atoms with Crippen molar-refractivity contribution in [3.05, 3.63) is 0 Å². The molecule has 17 heavy (non-hydrogen) atoms. The molecular formula is C12H19ClN2O2. The Morgan fingerprint density at radius 3 is 2.82 bits per heavy atom. The van der Waals surface area contributed by atoms with Gasteiger partial charge in [-0.3, -0.25) is 9.59 Å². The molecule has 2 saturated heterocycles. The number of carbonyl (C=O) groups is 2. The third-order valence-corrected chi connectivity index (χ3v) is 4.36. The maximum Gasteiger partial charge on any atom is 0.229 e. The molecule has 0 aromatic heterocycles. The molecule has 0 aromatic carbocycles. The minimum Gasteiger partial charge on any atom is -0.338 e. The minimum atomic E-state index is -0.508. The van der Waals surface area contributed by atoms with Gasteiger partial charge in [-0.2, -0.15) is 0 Å². The first-order valence-corrected chi connectivity index (χ1v) is 6.64. The quantitative estimate of drug-likeness (QED) is 0.696. The van der Waals surface area contributed by atoms with E-state index in [2.05, 4.69) is 0 Å². The van der Waals surface area contributed by atoms with Gasteiger partial charge >= 0.3 is 0 Å². The standard InChI is InChI=1S/C12H19ClN2O2/c1-12(2,8-13)11(17)14-5-6-15-9(7-14)3-4-10(15)16/h9H,3-8H2,1-2H3. The van der Waals surface area contributed by atoms with Crippen LogP contribution in [-0.4, -0.2) is 53.2 Å². The Kier molecular flexibility index (Phi) is 3.34. The van der Waals surface area contributed by atoms with Gasteiger partial charge < -0.3 is 9.80 Å². The Morgan fingerprint density at radius 2 is 2.18 bits per heavy atom. The summed E-state index contributed by atoms with van der Waals surface area (Å²) < 4.78 is 0. The molecule has 2 rings (SSSR count). The lowest BCUT2D eigenvalue weighted by Crippen LogP contribution is -2.55. The Bertz CT molecular complexity index is 343. The summed E-state index contributed by atoms with van der Waals surface area (Å²) in [6.07, 6.45) is 1.51. The summed E-state index contributed by atoms with van der Waals surface area (Å²) in [4.78, 5) is 27.6. The molecule has 0 radical (unpaired) electrons. The lowest BCUT2D eigenvalue weighted by atomic mass is 9.93. The van der Waals surface area contributed by atoms with E-state index in [1.165, 1.54) is 0 Å². The summed E-state index contributed by atoms with van der Waals surface area (Å²) in [7, 11) is 0. The van der Waals surface area contributed by atoms with Crippen molar-refractivity contribution in [1.82, 2.24) is 9.80 Å². The average molecular weight is 259 g/mol. The van der Waals surface area contributed by atoms with Crippen molar-refractivity contribution in [1.29, 1.82) is 0 Å². The highest BCUT2D eigenvalue weighted by Crippen LogP contribution is 2.27. The predicted octanol–water partition coefficient (Wildman–Crippen LogP) is 1.08. The van der Waals surface area contributed by atoms with E-state index in [9.17, 15) is 9.59 Å². The molecule has 0 spiro atoms. The molecule has 0 aromatic rings. The van der Waals surface area contributed by atoms with Gasteiger partial charge in [0.1, 0.15) is 0 Å². The molecule has 2 amide bonds. The highest BCUT2D eigenvalue weighted by Gasteiger charge is 2.40. The first kappa shape index (κ1) is 12.7. The second-order valence-electron chi connectivity index (χ2n) is 5.55. The summed E-state index contributed by atoms with van der Waals surface area (Å²) in [6.45, 7) is 5.73. The van der Waals surface area contributed by atoms with E-state index >= 15 is 0 Å². The highest BCUT2D eigenvalue weighted by atomic mass is 35.5. The molecule has 0 N–H and O–H groups in total. The number of rotatable bonds is 2. The maximum atomic E-state index is 12.3. The van der Waals surface area contributed by atoms with Crippen LogP contribution < -0.4 is 0 Å². The molecule has 0 bridgehead atoms. The van der Waals surface area contributed by atoms with Gasteiger partial charge in [-0.1, -0.05) is 0 Å². The topological polar surface area (TPSA) is 40.6 Å². The lowest BCUT2D eigenvalue weighted by Gasteiger charge is -2.40. The smallest absolute Gasteiger partial charge is 0.229 e. The molecule has 1 atom stereocenters. The van der Waals surface area contributed by atoms with E-state index in [0.717, 1.165) is 6.42 Å². The summed E-state index contributed by atoms with van der Waals surface area (Å²) in [6, 6.07) is 0.228. The van der Waals surface area contributed by atoms with Crippen LogP contribution >= 0.6 is 11.6 Å². The monoisotopic (exact) mass is 258 g/mol. The molecule has 2 aliphatic heterocycles. The summed E-state index contributed by atoms with van der Waals surface area (Å²) in [5.74, 6) is 0.667. The van der Waals surface area contributed by atoms with Crippen LogP contribution in [0, 0.1) is 5.41 Å². The fraction of sp³-hybridized carbons (Fsp3) is 0.833. The highest BCUT2D eigenvalue weighted by molar-refractivity contribution is 6.19. The number of piperazine rings is 1. The molecule has 5 heteroatoms. The van der Waals surface area contributed by atoms with Crippen molar-refractivity contribution in [3.8, 4) is 0 Å². The number of hydrogen-bond donors (Lipinski definition) is 0. The third-order valence-electron chi connectivity index (χ3n) is 3.69. The van der Waals surface area contributed by atoms with E-state index in [0.29, 0.717) is 31.9 Å². The fourth-order valence-electron chi connectivity index (χ4n) is 2.53. The van der Waals surface area contributed by atoms with Crippen molar-refractivity contribution in [2.24, 2.45) is 5.41 Å². The maximum absolute atomic E-state index is 12.3. The van der Waals surface area contributed by atoms with Gasteiger partial charge in [-0.15, -0.1) is 11.6 Å². The van der Waals surface area contributed by atoms with Gasteiger partial charge in [0, 0.05) is 38.0 Å². The molecular weight excluding hydrogens is 240 g/mol. The summed E-state index contributed by atoms with van der Waals surface area (Å²) in [5, 5.41) is 0. The number of carbonyl (C=O) groups excluding carboxylic acids is 2. The molecule has 0 saturated carbocycles. The molecule has 2 fully saturated rings. The van der Waals surface area contributed by atoms with Gasteiger partial charge in [-0.05, 0) is 20.3 Å². The zero-order valence-corrected chi connectivity index (χ0v) is 11.2. The van der Waals surface area contributed by atoms with Crippen LogP contribution in [0.25, 0.3) is 0 Å². The summed E-state index contributed by atoms with van der Waals surface area (Å²) >= 11 is 5.83. The van der Waals surface area contributed by atoms with Crippen LogP contribution in [0.5, 0.6) is 0 Å². The molecule has 4 nitrogen and oxygen atoms in total. The fourth-order valence-corrected chi connectivity index (χ4v) is 2.65. The number of nitrogens with zero attached hydrogens (tertiary/aromatic N) is 2. The lowest BCUT2D eigenvalue weighted by molar-refractivity contribution is -0.144. The van der Waals surface area contributed by atoms with E-state index < -0.39 is 5.41 Å². The van der Waals surface area contributed by atoms with Gasteiger partial charge in [0.05, 0.1) is 5.41 Å². The van der Waals surface area contributed by atoms with Crippen LogP contribution in [-0.2, 0) is 9.59 Å². The second kappa shape index (κ2) is 4.48. The van der Waals surface area contributed by atoms with Crippen molar-refractivity contribution >= 4 is 23.4 Å². The van der Waals surface area contributed by atoms with Crippen molar-refractivity contribution in [2.45, 2.75) is 32.7 Å². The van der Waals surface area contributed by atoms with E-state index in [-0.39, 0.29) is 17.9 Å². The molecule has 2 heterocycles. The second-order valence-corrected chi connectivity index (χ2v) is 5.82. The number of hydrogen-bond acceptors (Lipinski definition) is 2. The Morgan fingerprint density at radius 1 is 1.47 bits per heavy atom.